The van der Waals surface area contributed by atoms with E-state index >= 15 is 0 Å². The highest BCUT2D eigenvalue weighted by molar-refractivity contribution is 7.20. The van der Waals surface area contributed by atoms with E-state index in [0.29, 0.717) is 19.5 Å². The number of nitrogens with zero attached hydrogens (tertiary/aromatic N) is 3. The molecule has 2 aromatic rings. The predicted molar refractivity (Wildman–Crippen MR) is 101 cm³/mol. The van der Waals surface area contributed by atoms with Gasteiger partial charge in [0.15, 0.2) is 0 Å². The molecule has 2 aliphatic heterocycles. The molecule has 2 saturated heterocycles. The van der Waals surface area contributed by atoms with Crippen LogP contribution in [-0.2, 0) is 4.79 Å². The molecule has 8 heteroatoms. The van der Waals surface area contributed by atoms with Crippen LogP contribution in [0, 0.1) is 0 Å². The Labute approximate surface area is 156 Å². The van der Waals surface area contributed by atoms with E-state index in [0.717, 1.165) is 61.0 Å². The lowest BCUT2D eigenvalue weighted by Gasteiger charge is -2.35. The number of piperazine rings is 2. The fourth-order valence-corrected chi connectivity index (χ4v) is 4.48. The molecule has 4 rings (SSSR count). The van der Waals surface area contributed by atoms with Gasteiger partial charge in [-0.2, -0.15) is 0 Å². The Balaban J connectivity index is 1.24. The summed E-state index contributed by atoms with van der Waals surface area (Å²) < 4.78 is 6.36. The molecule has 2 amide bonds. The average molecular weight is 376 g/mol. The smallest absolute Gasteiger partial charge is 0.264 e. The van der Waals surface area contributed by atoms with Crippen LogP contribution in [0.4, 0.5) is 0 Å². The van der Waals surface area contributed by atoms with Crippen molar-refractivity contribution >= 4 is 33.4 Å². The van der Waals surface area contributed by atoms with Crippen LogP contribution >= 0.6 is 11.3 Å². The van der Waals surface area contributed by atoms with Crippen molar-refractivity contribution in [2.75, 3.05) is 58.9 Å². The van der Waals surface area contributed by atoms with Crippen LogP contribution in [0.5, 0.6) is 0 Å². The molecule has 1 N–H and O–H groups in total. The van der Waals surface area contributed by atoms with Crippen LogP contribution in [-0.4, -0.2) is 85.4 Å². The van der Waals surface area contributed by atoms with Gasteiger partial charge in [0.05, 0.1) is 15.8 Å². The van der Waals surface area contributed by atoms with Gasteiger partial charge in [0, 0.05) is 71.4 Å². The van der Waals surface area contributed by atoms with Gasteiger partial charge < -0.3 is 19.5 Å². The first kappa shape index (κ1) is 17.5. The highest BCUT2D eigenvalue weighted by Gasteiger charge is 2.25. The second-order valence-corrected chi connectivity index (χ2v) is 7.86. The molecule has 0 spiro atoms. The average Bonchev–Trinajstić information content (AvgIpc) is 3.29. The lowest BCUT2D eigenvalue weighted by molar-refractivity contribution is -0.132. The Morgan fingerprint density at radius 3 is 2.58 bits per heavy atom. The zero-order valence-corrected chi connectivity index (χ0v) is 15.6. The number of carbonyl (C=O) groups is 2. The largest absolute Gasteiger partial charge is 0.463 e. The lowest BCUT2D eigenvalue weighted by Crippen LogP contribution is -2.50. The van der Waals surface area contributed by atoms with Crippen molar-refractivity contribution in [2.24, 2.45) is 0 Å². The highest BCUT2D eigenvalue weighted by Crippen LogP contribution is 2.27. The molecule has 140 valence electrons. The highest BCUT2D eigenvalue weighted by atomic mass is 32.1. The minimum absolute atomic E-state index is 0.0814. The summed E-state index contributed by atoms with van der Waals surface area (Å²) in [5, 5.41) is 3.26. The van der Waals surface area contributed by atoms with Crippen molar-refractivity contribution in [3.8, 4) is 0 Å². The van der Waals surface area contributed by atoms with Gasteiger partial charge in [-0.05, 0) is 6.07 Å². The fourth-order valence-electron chi connectivity index (χ4n) is 3.53. The molecule has 0 saturated carbocycles. The maximum absolute atomic E-state index is 12.7. The molecule has 26 heavy (non-hydrogen) atoms. The SMILES string of the molecule is O=C(CCN1CCN(C(=O)c2cc3occc3s2)CC1)N1CCNCC1. The Hall–Kier alpha value is -1.90. The van der Waals surface area contributed by atoms with Crippen LogP contribution in [0.2, 0.25) is 0 Å². The van der Waals surface area contributed by atoms with E-state index in [9.17, 15) is 9.59 Å². The number of thiophene rings is 1. The van der Waals surface area contributed by atoms with Crippen LogP contribution in [0.3, 0.4) is 0 Å². The second kappa shape index (κ2) is 7.77. The van der Waals surface area contributed by atoms with Crippen LogP contribution in [0.25, 0.3) is 10.3 Å². The van der Waals surface area contributed by atoms with Gasteiger partial charge >= 0.3 is 0 Å². The first-order chi connectivity index (χ1) is 12.7. The Morgan fingerprint density at radius 2 is 1.85 bits per heavy atom. The van der Waals surface area contributed by atoms with E-state index in [1.165, 1.54) is 11.3 Å². The number of nitrogens with one attached hydrogen (secondary N) is 1. The Bertz CT molecular complexity index is 744. The van der Waals surface area contributed by atoms with Crippen LogP contribution < -0.4 is 5.32 Å². The molecule has 2 aliphatic rings. The molecule has 0 bridgehead atoms. The molecule has 0 unspecified atom stereocenters. The number of amides is 2. The Kier molecular flexibility index (Phi) is 5.23. The van der Waals surface area contributed by atoms with Crippen molar-refractivity contribution < 1.29 is 14.0 Å². The maximum atomic E-state index is 12.7. The summed E-state index contributed by atoms with van der Waals surface area (Å²) in [5.74, 6) is 0.323. The maximum Gasteiger partial charge on any atom is 0.264 e. The third kappa shape index (κ3) is 3.77. The number of fused-ring (bicyclic) bond motifs is 1. The summed E-state index contributed by atoms with van der Waals surface area (Å²) in [4.78, 5) is 31.8. The minimum Gasteiger partial charge on any atom is -0.463 e. The molecule has 0 radical (unpaired) electrons. The fraction of sp³-hybridized carbons (Fsp3) is 0.556. The third-order valence-corrected chi connectivity index (χ3v) is 6.19. The zero-order chi connectivity index (χ0) is 17.9. The number of rotatable bonds is 4. The molecular formula is C18H24N4O3S. The summed E-state index contributed by atoms with van der Waals surface area (Å²) in [6, 6.07) is 3.73. The van der Waals surface area contributed by atoms with Gasteiger partial charge in [-0.3, -0.25) is 14.5 Å². The molecule has 0 atom stereocenters. The van der Waals surface area contributed by atoms with Gasteiger partial charge in [0.25, 0.3) is 5.91 Å². The molecule has 2 fully saturated rings. The van der Waals surface area contributed by atoms with Gasteiger partial charge in [0.2, 0.25) is 5.91 Å². The Morgan fingerprint density at radius 1 is 1.08 bits per heavy atom. The summed E-state index contributed by atoms with van der Waals surface area (Å²) in [5.41, 5.74) is 0.781. The van der Waals surface area contributed by atoms with Crippen molar-refractivity contribution in [3.63, 3.8) is 0 Å². The first-order valence-corrected chi connectivity index (χ1v) is 9.99. The van der Waals surface area contributed by atoms with Gasteiger partial charge in [-0.25, -0.2) is 0 Å². The summed E-state index contributed by atoms with van der Waals surface area (Å²) in [6.07, 6.45) is 2.21. The van der Waals surface area contributed by atoms with Crippen LogP contribution in [0.15, 0.2) is 22.8 Å². The third-order valence-electron chi connectivity index (χ3n) is 5.12. The number of hydrogen-bond donors (Lipinski definition) is 1. The summed E-state index contributed by atoms with van der Waals surface area (Å²) in [6.45, 7) is 7.23. The monoisotopic (exact) mass is 376 g/mol. The van der Waals surface area contributed by atoms with Gasteiger partial charge in [-0.15, -0.1) is 11.3 Å². The van der Waals surface area contributed by atoms with Crippen molar-refractivity contribution in [1.82, 2.24) is 20.0 Å². The van der Waals surface area contributed by atoms with E-state index in [1.807, 2.05) is 21.9 Å². The number of furan rings is 1. The van der Waals surface area contributed by atoms with Crippen molar-refractivity contribution in [2.45, 2.75) is 6.42 Å². The van der Waals surface area contributed by atoms with Crippen LogP contribution in [0.1, 0.15) is 16.1 Å². The van der Waals surface area contributed by atoms with E-state index in [1.54, 1.807) is 6.26 Å². The van der Waals surface area contributed by atoms with Gasteiger partial charge in [0.1, 0.15) is 5.58 Å². The molecule has 0 aromatic carbocycles. The standard InChI is InChI=1S/C18H24N4O3S/c23-17(21-6-3-19-4-7-21)1-5-20-8-10-22(11-9-20)18(24)16-13-14-15(26-16)2-12-25-14/h2,12-13,19H,1,3-11H2. The number of hydrogen-bond acceptors (Lipinski definition) is 6. The minimum atomic E-state index is 0.0814. The van der Waals surface area contributed by atoms with Crippen molar-refractivity contribution in [1.29, 1.82) is 0 Å². The quantitative estimate of drug-likeness (QED) is 0.865. The summed E-state index contributed by atoms with van der Waals surface area (Å²) >= 11 is 1.48. The lowest BCUT2D eigenvalue weighted by atomic mass is 10.2. The normalized spacial score (nSPS) is 19.2. The molecule has 2 aromatic heterocycles. The molecule has 0 aliphatic carbocycles. The van der Waals surface area contributed by atoms with E-state index in [2.05, 4.69) is 10.2 Å². The molecule has 4 heterocycles. The molecular weight excluding hydrogens is 352 g/mol. The number of carbonyl (C=O) groups excluding carboxylic acids is 2. The predicted octanol–water partition coefficient (Wildman–Crippen LogP) is 1.07. The first-order valence-electron chi connectivity index (χ1n) is 9.18. The van der Waals surface area contributed by atoms with Crippen molar-refractivity contribution in [3.05, 3.63) is 23.3 Å². The van der Waals surface area contributed by atoms with E-state index < -0.39 is 0 Å². The zero-order valence-electron chi connectivity index (χ0n) is 14.8. The van der Waals surface area contributed by atoms with Gasteiger partial charge in [-0.1, -0.05) is 0 Å². The van der Waals surface area contributed by atoms with E-state index in [-0.39, 0.29) is 11.8 Å². The second-order valence-electron chi connectivity index (χ2n) is 6.77. The topological polar surface area (TPSA) is 69.0 Å². The summed E-state index contributed by atoms with van der Waals surface area (Å²) in [7, 11) is 0. The molecule has 7 nitrogen and oxygen atoms in total. The van der Waals surface area contributed by atoms with E-state index in [4.69, 9.17) is 4.42 Å².